The number of carbonyl (C=O) groups excluding carboxylic acids is 1. The predicted molar refractivity (Wildman–Crippen MR) is 150 cm³/mol. The summed E-state index contributed by atoms with van der Waals surface area (Å²) < 4.78 is 29.1. The minimum absolute atomic E-state index is 0.0162. The van der Waals surface area contributed by atoms with Crippen LogP contribution in [0.25, 0.3) is 10.9 Å². The van der Waals surface area contributed by atoms with E-state index in [4.69, 9.17) is 0 Å². The SMILES string of the molecule is CCn1cc2c3c(cc(C(=O)N[C@@H](Cc4ccccc4)[C@@H](CNC4CCC4)N=O)cc31)N(C)S(=O)(=O)CC2. The maximum Gasteiger partial charge on any atom is 0.251 e. The Balaban J connectivity index is 1.48. The summed E-state index contributed by atoms with van der Waals surface area (Å²) in [7, 11) is -1.97. The van der Waals surface area contributed by atoms with Crippen molar-refractivity contribution in [2.45, 2.75) is 63.7 Å². The molecule has 0 unspecified atom stereocenters. The number of carbonyl (C=O) groups is 1. The smallest absolute Gasteiger partial charge is 0.251 e. The monoisotopic (exact) mass is 537 g/mol. The standard InChI is InChI=1S/C28H35N5O4S/c1-3-33-18-20-12-13-38(36,37)32(2)25-15-21(16-26(33)27(20)25)28(34)30-23(14-19-8-5-4-6-9-19)24(31-35)17-29-22-10-7-11-22/h4-6,8-9,15-16,18,22-24,29H,3,7,10-14,17H2,1-2H3,(H,30,34)/t23-,24+/m0/s1. The van der Waals surface area contributed by atoms with Gasteiger partial charge in [0.05, 0.1) is 23.0 Å². The van der Waals surface area contributed by atoms with Crippen LogP contribution in [0.3, 0.4) is 0 Å². The number of aromatic nitrogens is 1. The van der Waals surface area contributed by atoms with Crippen LogP contribution in [0.2, 0.25) is 0 Å². The molecule has 2 aromatic carbocycles. The van der Waals surface area contributed by atoms with Crippen LogP contribution in [0.5, 0.6) is 0 Å². The Morgan fingerprint density at radius 2 is 1.95 bits per heavy atom. The highest BCUT2D eigenvalue weighted by atomic mass is 32.2. The summed E-state index contributed by atoms with van der Waals surface area (Å²) in [5, 5.41) is 10.8. The van der Waals surface area contributed by atoms with Crippen molar-refractivity contribution in [2.75, 3.05) is 23.7 Å². The summed E-state index contributed by atoms with van der Waals surface area (Å²) in [4.78, 5) is 25.7. The van der Waals surface area contributed by atoms with E-state index in [1.54, 1.807) is 13.1 Å². The number of benzene rings is 2. The van der Waals surface area contributed by atoms with Crippen LogP contribution in [-0.4, -0.2) is 56.4 Å². The van der Waals surface area contributed by atoms with Crippen molar-refractivity contribution in [3.05, 3.63) is 70.3 Å². The first-order valence-electron chi connectivity index (χ1n) is 13.3. The first-order chi connectivity index (χ1) is 18.3. The molecule has 3 aromatic rings. The van der Waals surface area contributed by atoms with E-state index in [0.29, 0.717) is 43.2 Å². The van der Waals surface area contributed by atoms with Crippen molar-refractivity contribution in [1.82, 2.24) is 15.2 Å². The molecule has 2 heterocycles. The number of nitroso groups, excluding NO2 is 1. The number of amides is 1. The number of anilines is 1. The number of nitrogens with zero attached hydrogens (tertiary/aromatic N) is 3. The molecular weight excluding hydrogens is 502 g/mol. The summed E-state index contributed by atoms with van der Waals surface area (Å²) in [6.07, 6.45) is 6.21. The average Bonchev–Trinajstić information content (AvgIpc) is 3.22. The minimum atomic E-state index is -3.51. The largest absolute Gasteiger partial charge is 0.347 e. The molecule has 1 amide bonds. The lowest BCUT2D eigenvalue weighted by Gasteiger charge is -2.30. The number of nitrogens with one attached hydrogen (secondary N) is 2. The Morgan fingerprint density at radius 1 is 1.18 bits per heavy atom. The Hall–Kier alpha value is -3.24. The van der Waals surface area contributed by atoms with Gasteiger partial charge in [0.1, 0.15) is 6.04 Å². The molecule has 1 aliphatic heterocycles. The lowest BCUT2D eigenvalue weighted by molar-refractivity contribution is 0.0930. The molecule has 2 aliphatic rings. The van der Waals surface area contributed by atoms with E-state index in [1.807, 2.05) is 49.5 Å². The van der Waals surface area contributed by atoms with Crippen LogP contribution < -0.4 is 14.9 Å². The molecule has 0 saturated heterocycles. The summed E-state index contributed by atoms with van der Waals surface area (Å²) in [6, 6.07) is 12.4. The molecule has 0 bridgehead atoms. The van der Waals surface area contributed by atoms with E-state index < -0.39 is 22.1 Å². The van der Waals surface area contributed by atoms with Gasteiger partial charge in [-0.1, -0.05) is 41.9 Å². The van der Waals surface area contributed by atoms with Crippen molar-refractivity contribution in [3.63, 3.8) is 0 Å². The first kappa shape index (κ1) is 26.4. The van der Waals surface area contributed by atoms with Crippen molar-refractivity contribution in [1.29, 1.82) is 0 Å². The molecule has 2 atom stereocenters. The van der Waals surface area contributed by atoms with Gasteiger partial charge < -0.3 is 15.2 Å². The average molecular weight is 538 g/mol. The van der Waals surface area contributed by atoms with Gasteiger partial charge in [0, 0.05) is 43.3 Å². The molecule has 0 spiro atoms. The molecule has 0 radical (unpaired) electrons. The summed E-state index contributed by atoms with van der Waals surface area (Å²) in [5.74, 6) is -0.343. The molecule has 5 rings (SSSR count). The van der Waals surface area contributed by atoms with Gasteiger partial charge in [-0.2, -0.15) is 4.91 Å². The molecule has 9 nitrogen and oxygen atoms in total. The molecule has 1 saturated carbocycles. The predicted octanol–water partition coefficient (Wildman–Crippen LogP) is 3.60. The maximum absolute atomic E-state index is 13.7. The molecule has 1 aliphatic carbocycles. The van der Waals surface area contributed by atoms with E-state index in [1.165, 1.54) is 10.7 Å². The molecular formula is C28H35N5O4S. The Labute approximate surface area is 223 Å². The quantitative estimate of drug-likeness (QED) is 0.384. The highest BCUT2D eigenvalue weighted by Crippen LogP contribution is 2.37. The number of sulfonamides is 1. The zero-order valence-electron chi connectivity index (χ0n) is 21.9. The van der Waals surface area contributed by atoms with E-state index in [2.05, 4.69) is 20.4 Å². The second kappa shape index (κ2) is 10.9. The minimum Gasteiger partial charge on any atom is -0.347 e. The van der Waals surface area contributed by atoms with Crippen molar-refractivity contribution < 1.29 is 13.2 Å². The van der Waals surface area contributed by atoms with E-state index in [-0.39, 0.29) is 11.7 Å². The van der Waals surface area contributed by atoms with Crippen LogP contribution in [0, 0.1) is 4.91 Å². The summed E-state index contributed by atoms with van der Waals surface area (Å²) in [6.45, 7) is 3.10. The van der Waals surface area contributed by atoms with Crippen molar-refractivity contribution in [2.24, 2.45) is 5.18 Å². The van der Waals surface area contributed by atoms with Gasteiger partial charge in [0.2, 0.25) is 10.0 Å². The summed E-state index contributed by atoms with van der Waals surface area (Å²) >= 11 is 0. The van der Waals surface area contributed by atoms with Crippen molar-refractivity contribution in [3.8, 4) is 0 Å². The topological polar surface area (TPSA) is 113 Å². The normalized spacial score (nSPS) is 18.4. The van der Waals surface area contributed by atoms with Crippen LogP contribution in [0.1, 0.15) is 47.7 Å². The number of rotatable bonds is 10. The third kappa shape index (κ3) is 5.19. The number of aryl methyl sites for hydroxylation is 2. The molecule has 1 aromatic heterocycles. The zero-order valence-corrected chi connectivity index (χ0v) is 22.7. The molecule has 1 fully saturated rings. The van der Waals surface area contributed by atoms with Gasteiger partial charge in [-0.15, -0.1) is 0 Å². The van der Waals surface area contributed by atoms with E-state index in [0.717, 1.165) is 34.9 Å². The van der Waals surface area contributed by atoms with Gasteiger partial charge in [-0.3, -0.25) is 9.10 Å². The summed E-state index contributed by atoms with van der Waals surface area (Å²) in [5.41, 5.74) is 3.64. The van der Waals surface area contributed by atoms with Crippen LogP contribution in [0.15, 0.2) is 53.8 Å². The highest BCUT2D eigenvalue weighted by molar-refractivity contribution is 7.92. The second-order valence-electron chi connectivity index (χ2n) is 10.3. The fourth-order valence-electron chi connectivity index (χ4n) is 5.40. The lowest BCUT2D eigenvalue weighted by atomic mass is 9.92. The molecule has 38 heavy (non-hydrogen) atoms. The van der Waals surface area contributed by atoms with Gasteiger partial charge in [-0.05, 0) is 55.9 Å². The molecule has 202 valence electrons. The Kier molecular flexibility index (Phi) is 7.54. The molecule has 10 heteroatoms. The number of hydrogen-bond acceptors (Lipinski definition) is 6. The fourth-order valence-corrected chi connectivity index (χ4v) is 6.60. The Bertz CT molecular complexity index is 1430. The third-order valence-electron chi connectivity index (χ3n) is 7.96. The Morgan fingerprint density at radius 3 is 2.61 bits per heavy atom. The second-order valence-corrected chi connectivity index (χ2v) is 12.5. The van der Waals surface area contributed by atoms with Gasteiger partial charge in [0.15, 0.2) is 0 Å². The zero-order chi connectivity index (χ0) is 26.9. The van der Waals surface area contributed by atoms with Crippen molar-refractivity contribution >= 4 is 32.5 Å². The van der Waals surface area contributed by atoms with Gasteiger partial charge in [-0.25, -0.2) is 8.42 Å². The number of hydrogen-bond donors (Lipinski definition) is 2. The van der Waals surface area contributed by atoms with Crippen LogP contribution in [-0.2, 0) is 29.4 Å². The van der Waals surface area contributed by atoms with Gasteiger partial charge in [0.25, 0.3) is 5.91 Å². The van der Waals surface area contributed by atoms with Crippen LogP contribution in [0.4, 0.5) is 5.69 Å². The van der Waals surface area contributed by atoms with E-state index in [9.17, 15) is 18.1 Å². The fraction of sp³-hybridized carbons (Fsp3) is 0.464. The first-order valence-corrected chi connectivity index (χ1v) is 14.9. The van der Waals surface area contributed by atoms with E-state index >= 15 is 0 Å². The maximum atomic E-state index is 13.7. The van der Waals surface area contributed by atoms with Crippen LogP contribution >= 0.6 is 0 Å². The third-order valence-corrected chi connectivity index (χ3v) is 9.71. The lowest BCUT2D eigenvalue weighted by Crippen LogP contribution is -2.50. The molecule has 2 N–H and O–H groups in total. The van der Waals surface area contributed by atoms with Gasteiger partial charge >= 0.3 is 0 Å². The highest BCUT2D eigenvalue weighted by Gasteiger charge is 2.31.